The van der Waals surface area contributed by atoms with Gasteiger partial charge in [0.25, 0.3) is 5.91 Å². The first-order chi connectivity index (χ1) is 14.1. The molecule has 0 bridgehead atoms. The Kier molecular flexibility index (Phi) is 5.39. The number of halogens is 1. The van der Waals surface area contributed by atoms with Gasteiger partial charge >= 0.3 is 0 Å². The third-order valence-electron chi connectivity index (χ3n) is 4.35. The smallest absolute Gasteiger partial charge is 0.255 e. The molecule has 146 valence electrons. The molecule has 0 unspecified atom stereocenters. The van der Waals surface area contributed by atoms with Crippen molar-refractivity contribution < 1.29 is 18.7 Å². The van der Waals surface area contributed by atoms with E-state index in [0.29, 0.717) is 39.7 Å². The maximum atomic E-state index is 12.7. The van der Waals surface area contributed by atoms with Gasteiger partial charge < -0.3 is 19.2 Å². The number of aromatic nitrogens is 1. The van der Waals surface area contributed by atoms with E-state index in [1.165, 1.54) is 0 Å². The Hall–Kier alpha value is -3.07. The lowest BCUT2D eigenvalue weighted by Crippen LogP contribution is -2.12. The van der Waals surface area contributed by atoms with Crippen LogP contribution >= 0.6 is 22.6 Å². The molecule has 0 saturated heterocycles. The number of methoxy groups -OCH3 is 2. The van der Waals surface area contributed by atoms with Gasteiger partial charge in [0.15, 0.2) is 5.58 Å². The summed E-state index contributed by atoms with van der Waals surface area (Å²) in [6.07, 6.45) is 0. The van der Waals surface area contributed by atoms with Crippen molar-refractivity contribution in [3.05, 3.63) is 69.8 Å². The Balaban J connectivity index is 1.60. The van der Waals surface area contributed by atoms with Crippen molar-refractivity contribution in [1.29, 1.82) is 0 Å². The van der Waals surface area contributed by atoms with Crippen LogP contribution in [0.1, 0.15) is 10.4 Å². The van der Waals surface area contributed by atoms with Crippen LogP contribution in [0.25, 0.3) is 22.6 Å². The molecule has 0 aliphatic carbocycles. The zero-order valence-electron chi connectivity index (χ0n) is 15.7. The van der Waals surface area contributed by atoms with E-state index in [4.69, 9.17) is 13.9 Å². The average molecular weight is 500 g/mol. The second kappa shape index (κ2) is 8.12. The minimum Gasteiger partial charge on any atom is -0.497 e. The van der Waals surface area contributed by atoms with Crippen LogP contribution in [0, 0.1) is 3.57 Å². The highest BCUT2D eigenvalue weighted by Gasteiger charge is 2.13. The lowest BCUT2D eigenvalue weighted by atomic mass is 10.1. The van der Waals surface area contributed by atoms with Crippen LogP contribution in [-0.2, 0) is 0 Å². The van der Waals surface area contributed by atoms with Crippen molar-refractivity contribution in [3.8, 4) is 23.0 Å². The zero-order chi connectivity index (χ0) is 20.4. The van der Waals surface area contributed by atoms with Gasteiger partial charge in [-0.05, 0) is 77.2 Å². The van der Waals surface area contributed by atoms with Crippen LogP contribution in [0.15, 0.2) is 65.1 Å². The highest BCUT2D eigenvalue weighted by molar-refractivity contribution is 14.1. The van der Waals surface area contributed by atoms with E-state index in [9.17, 15) is 4.79 Å². The molecule has 7 heteroatoms. The quantitative estimate of drug-likeness (QED) is 0.373. The molecule has 0 saturated carbocycles. The largest absolute Gasteiger partial charge is 0.497 e. The van der Waals surface area contributed by atoms with Gasteiger partial charge in [-0.1, -0.05) is 0 Å². The predicted octanol–water partition coefficient (Wildman–Crippen LogP) is 5.37. The summed E-state index contributed by atoms with van der Waals surface area (Å²) < 4.78 is 17.4. The Morgan fingerprint density at radius 3 is 2.31 bits per heavy atom. The van der Waals surface area contributed by atoms with E-state index in [1.807, 2.05) is 24.3 Å². The highest BCUT2D eigenvalue weighted by Crippen LogP contribution is 2.27. The molecule has 0 aliphatic heterocycles. The van der Waals surface area contributed by atoms with E-state index >= 15 is 0 Å². The molecule has 0 aliphatic rings. The number of nitrogens with one attached hydrogen (secondary N) is 1. The zero-order valence-corrected chi connectivity index (χ0v) is 17.9. The van der Waals surface area contributed by atoms with Crippen LogP contribution < -0.4 is 14.8 Å². The first-order valence-corrected chi connectivity index (χ1v) is 9.84. The van der Waals surface area contributed by atoms with E-state index in [2.05, 4.69) is 32.9 Å². The summed E-state index contributed by atoms with van der Waals surface area (Å²) in [4.78, 5) is 17.2. The number of hydrogen-bond acceptors (Lipinski definition) is 5. The number of anilines is 1. The normalized spacial score (nSPS) is 10.7. The molecule has 1 heterocycles. The molecule has 1 N–H and O–H groups in total. The summed E-state index contributed by atoms with van der Waals surface area (Å²) in [5, 5.41) is 2.88. The highest BCUT2D eigenvalue weighted by atomic mass is 127. The summed E-state index contributed by atoms with van der Waals surface area (Å²) >= 11 is 2.25. The molecule has 0 atom stereocenters. The molecule has 0 fully saturated rings. The van der Waals surface area contributed by atoms with Gasteiger partial charge in [-0.2, -0.15) is 0 Å². The van der Waals surface area contributed by atoms with Gasteiger partial charge in [0, 0.05) is 26.5 Å². The van der Waals surface area contributed by atoms with Crippen LogP contribution in [0.3, 0.4) is 0 Å². The molecule has 4 aromatic rings. The minimum absolute atomic E-state index is 0.275. The van der Waals surface area contributed by atoms with Crippen LogP contribution in [0.2, 0.25) is 0 Å². The van der Waals surface area contributed by atoms with Gasteiger partial charge in [-0.25, -0.2) is 4.98 Å². The number of amides is 1. The van der Waals surface area contributed by atoms with E-state index < -0.39 is 0 Å². The second-order valence-corrected chi connectivity index (χ2v) is 7.51. The second-order valence-electron chi connectivity index (χ2n) is 6.26. The Morgan fingerprint density at radius 2 is 1.66 bits per heavy atom. The van der Waals surface area contributed by atoms with Gasteiger partial charge in [0.2, 0.25) is 5.89 Å². The molecular formula is C22H17IN2O4. The van der Waals surface area contributed by atoms with Gasteiger partial charge in [-0.15, -0.1) is 0 Å². The number of ether oxygens (including phenoxy) is 2. The number of hydrogen-bond donors (Lipinski definition) is 1. The molecule has 1 aromatic heterocycles. The van der Waals surface area contributed by atoms with Crippen molar-refractivity contribution in [2.45, 2.75) is 0 Å². The number of nitrogens with zero attached hydrogens (tertiary/aromatic N) is 1. The topological polar surface area (TPSA) is 73.6 Å². The fourth-order valence-corrected chi connectivity index (χ4v) is 3.22. The van der Waals surface area contributed by atoms with Gasteiger partial charge in [0.1, 0.15) is 17.0 Å². The number of fused-ring (bicyclic) bond motifs is 1. The average Bonchev–Trinajstić information content (AvgIpc) is 3.17. The number of oxazole rings is 1. The molecule has 6 nitrogen and oxygen atoms in total. The Morgan fingerprint density at radius 1 is 0.966 bits per heavy atom. The SMILES string of the molecule is COc1cc(OC)cc(C(=O)Nc2ccc3oc(-c4ccc(I)cc4)nc3c2)c1. The lowest BCUT2D eigenvalue weighted by Gasteiger charge is -2.09. The molecular weight excluding hydrogens is 483 g/mol. The molecule has 0 radical (unpaired) electrons. The Bertz CT molecular complexity index is 1160. The van der Waals surface area contributed by atoms with Crippen molar-refractivity contribution >= 4 is 45.3 Å². The number of carbonyl (C=O) groups is 1. The lowest BCUT2D eigenvalue weighted by molar-refractivity contribution is 0.102. The minimum atomic E-state index is -0.275. The summed E-state index contributed by atoms with van der Waals surface area (Å²) in [5.41, 5.74) is 3.27. The maximum absolute atomic E-state index is 12.7. The summed E-state index contributed by atoms with van der Waals surface area (Å²) in [6, 6.07) is 18.3. The monoisotopic (exact) mass is 500 g/mol. The third kappa shape index (κ3) is 4.19. The van der Waals surface area contributed by atoms with Crippen LogP contribution in [0.4, 0.5) is 5.69 Å². The van der Waals surface area contributed by atoms with Crippen LogP contribution in [-0.4, -0.2) is 25.1 Å². The van der Waals surface area contributed by atoms with Crippen molar-refractivity contribution in [2.24, 2.45) is 0 Å². The fraction of sp³-hybridized carbons (Fsp3) is 0.0909. The van der Waals surface area contributed by atoms with Gasteiger partial charge in [0.05, 0.1) is 14.2 Å². The molecule has 3 aromatic carbocycles. The molecule has 1 amide bonds. The van der Waals surface area contributed by atoms with E-state index in [0.717, 1.165) is 9.13 Å². The van der Waals surface area contributed by atoms with Crippen molar-refractivity contribution in [1.82, 2.24) is 4.98 Å². The van der Waals surface area contributed by atoms with Gasteiger partial charge in [-0.3, -0.25) is 4.79 Å². The Labute approximate surface area is 181 Å². The standard InChI is InChI=1S/C22H17IN2O4/c1-27-17-9-14(10-18(12-17)28-2)21(26)24-16-7-8-20-19(11-16)25-22(29-20)13-3-5-15(23)6-4-13/h3-12H,1-2H3,(H,24,26). The summed E-state index contributed by atoms with van der Waals surface area (Å²) in [5.74, 6) is 1.35. The first kappa shape index (κ1) is 19.3. The maximum Gasteiger partial charge on any atom is 0.255 e. The summed E-state index contributed by atoms with van der Waals surface area (Å²) in [6.45, 7) is 0. The van der Waals surface area contributed by atoms with E-state index in [1.54, 1.807) is 50.6 Å². The van der Waals surface area contributed by atoms with E-state index in [-0.39, 0.29) is 5.91 Å². The number of benzene rings is 3. The molecule has 0 spiro atoms. The predicted molar refractivity (Wildman–Crippen MR) is 120 cm³/mol. The number of carbonyl (C=O) groups excluding carboxylic acids is 1. The summed E-state index contributed by atoms with van der Waals surface area (Å²) in [7, 11) is 3.08. The van der Waals surface area contributed by atoms with Crippen molar-refractivity contribution in [3.63, 3.8) is 0 Å². The molecule has 4 rings (SSSR count). The number of rotatable bonds is 5. The first-order valence-electron chi connectivity index (χ1n) is 8.76. The van der Waals surface area contributed by atoms with Crippen LogP contribution in [0.5, 0.6) is 11.5 Å². The van der Waals surface area contributed by atoms with Crippen molar-refractivity contribution in [2.75, 3.05) is 19.5 Å². The third-order valence-corrected chi connectivity index (χ3v) is 5.07. The molecule has 29 heavy (non-hydrogen) atoms. The fourth-order valence-electron chi connectivity index (χ4n) is 2.86.